The molecule has 2 bridgehead atoms. The van der Waals surface area contributed by atoms with Crippen LogP contribution in [0.5, 0.6) is 11.5 Å². The number of nitrogens with one attached hydrogen (secondary N) is 1. The number of halogens is 5. The molecule has 8 nitrogen and oxygen atoms in total. The Morgan fingerprint density at radius 3 is 2.68 bits per heavy atom. The Hall–Kier alpha value is -2.21. The van der Waals surface area contributed by atoms with Gasteiger partial charge in [0.05, 0.1) is 40.7 Å². The molecular weight excluding hydrogens is 502 g/mol. The highest BCUT2D eigenvalue weighted by atomic mass is 35.5. The highest BCUT2D eigenvalue weighted by Crippen LogP contribution is 2.65. The molecule has 3 fully saturated rings. The van der Waals surface area contributed by atoms with Gasteiger partial charge in [0.2, 0.25) is 0 Å². The zero-order chi connectivity index (χ0) is 24.3. The van der Waals surface area contributed by atoms with E-state index in [1.165, 1.54) is 18.3 Å². The van der Waals surface area contributed by atoms with Crippen molar-refractivity contribution in [1.82, 2.24) is 15.1 Å². The maximum atomic E-state index is 12.9. The van der Waals surface area contributed by atoms with E-state index >= 15 is 0 Å². The molecule has 1 amide bonds. The third kappa shape index (κ3) is 4.30. The van der Waals surface area contributed by atoms with Crippen LogP contribution in [0.1, 0.15) is 37.4 Å². The largest absolute Gasteiger partial charge is 0.522 e. The Kier molecular flexibility index (Phi) is 5.66. The second-order valence-electron chi connectivity index (χ2n) is 8.95. The number of aliphatic hydroxyl groups is 1. The molecule has 2 aromatic rings. The van der Waals surface area contributed by atoms with Gasteiger partial charge in [-0.05, 0) is 25.3 Å². The Bertz CT molecular complexity index is 1110. The Morgan fingerprint density at radius 1 is 1.26 bits per heavy atom. The van der Waals surface area contributed by atoms with Crippen LogP contribution in [0.25, 0.3) is 0 Å². The van der Waals surface area contributed by atoms with Crippen LogP contribution in [0.15, 0.2) is 24.5 Å². The van der Waals surface area contributed by atoms with Gasteiger partial charge in [-0.2, -0.15) is 5.10 Å². The molecule has 2 atom stereocenters. The average molecular weight is 522 g/mol. The Labute approximate surface area is 201 Å². The maximum absolute atomic E-state index is 12.9. The third-order valence-corrected chi connectivity index (χ3v) is 7.19. The molecule has 6 rings (SSSR count). The van der Waals surface area contributed by atoms with Gasteiger partial charge in [-0.3, -0.25) is 14.2 Å². The van der Waals surface area contributed by atoms with Crippen molar-refractivity contribution in [2.75, 3.05) is 13.2 Å². The van der Waals surface area contributed by atoms with E-state index < -0.39 is 25.2 Å². The summed E-state index contributed by atoms with van der Waals surface area (Å²) in [5, 5.41) is 18.3. The molecule has 2 N–H and O–H groups in total. The molecular formula is C21H20Cl2F3N3O5. The van der Waals surface area contributed by atoms with E-state index in [-0.39, 0.29) is 35.0 Å². The van der Waals surface area contributed by atoms with E-state index in [1.807, 2.05) is 0 Å². The summed E-state index contributed by atoms with van der Waals surface area (Å²) in [6.45, 7) is -0.872. The van der Waals surface area contributed by atoms with Crippen molar-refractivity contribution in [1.29, 1.82) is 0 Å². The molecule has 184 valence electrons. The first-order valence-electron chi connectivity index (χ1n) is 10.5. The topological polar surface area (TPSA) is 94.8 Å². The van der Waals surface area contributed by atoms with Gasteiger partial charge in [0.15, 0.2) is 11.9 Å². The number of rotatable bonds is 7. The van der Waals surface area contributed by atoms with Gasteiger partial charge in [0, 0.05) is 23.6 Å². The van der Waals surface area contributed by atoms with Crippen LogP contribution in [0.4, 0.5) is 13.2 Å². The summed E-state index contributed by atoms with van der Waals surface area (Å²) in [6.07, 6.45) is -1.35. The summed E-state index contributed by atoms with van der Waals surface area (Å²) < 4.78 is 52.5. The molecule has 1 aromatic heterocycles. The lowest BCUT2D eigenvalue weighted by Crippen LogP contribution is -2.79. The number of aromatic nitrogens is 2. The summed E-state index contributed by atoms with van der Waals surface area (Å²) in [5.74, 6) is 0.348. The van der Waals surface area contributed by atoms with Crippen LogP contribution >= 0.6 is 23.2 Å². The number of nitrogens with zero attached hydrogens (tertiary/aromatic N) is 2. The second kappa shape index (κ2) is 8.18. The molecule has 4 aliphatic rings. The lowest BCUT2D eigenvalue weighted by atomic mass is 9.44. The van der Waals surface area contributed by atoms with E-state index in [9.17, 15) is 23.1 Å². The number of carbonyl (C=O) groups excluding carboxylic acids is 1. The SMILES string of the molecule is O=C(NC12CC(n3cc(OCCOC(F)(F)F)cn3)(C1)C2)[C@@H]1C[C@@H](O)c2cc(Cl)c(Cl)cc2O1. The highest BCUT2D eigenvalue weighted by molar-refractivity contribution is 6.42. The van der Waals surface area contributed by atoms with Crippen LogP contribution in [0, 0.1) is 0 Å². The molecule has 0 unspecified atom stereocenters. The lowest BCUT2D eigenvalue weighted by molar-refractivity contribution is -0.325. The molecule has 3 saturated carbocycles. The first-order chi connectivity index (χ1) is 16.0. The van der Waals surface area contributed by atoms with Gasteiger partial charge in [-0.1, -0.05) is 23.2 Å². The second-order valence-corrected chi connectivity index (χ2v) is 9.76. The number of ether oxygens (including phenoxy) is 3. The fraction of sp³-hybridized carbons (Fsp3) is 0.524. The van der Waals surface area contributed by atoms with Crippen molar-refractivity contribution in [2.45, 2.75) is 55.3 Å². The zero-order valence-corrected chi connectivity index (χ0v) is 19.1. The van der Waals surface area contributed by atoms with Gasteiger partial charge in [0.25, 0.3) is 5.91 Å². The predicted octanol–water partition coefficient (Wildman–Crippen LogP) is 3.74. The minimum atomic E-state index is -4.69. The Morgan fingerprint density at radius 2 is 1.97 bits per heavy atom. The minimum Gasteiger partial charge on any atom is -0.488 e. The predicted molar refractivity (Wildman–Crippen MR) is 113 cm³/mol. The van der Waals surface area contributed by atoms with Gasteiger partial charge in [0.1, 0.15) is 12.4 Å². The monoisotopic (exact) mass is 521 g/mol. The van der Waals surface area contributed by atoms with E-state index in [0.29, 0.717) is 41.3 Å². The summed E-state index contributed by atoms with van der Waals surface area (Å²) in [5.41, 5.74) is -0.151. The van der Waals surface area contributed by atoms with E-state index in [0.717, 1.165) is 0 Å². The molecule has 0 spiro atoms. The number of hydrogen-bond donors (Lipinski definition) is 2. The van der Waals surface area contributed by atoms with Crippen molar-refractivity contribution >= 4 is 29.1 Å². The normalized spacial score (nSPS) is 29.4. The lowest BCUT2D eigenvalue weighted by Gasteiger charge is -2.70. The molecule has 1 aromatic carbocycles. The number of benzene rings is 1. The van der Waals surface area contributed by atoms with Crippen molar-refractivity contribution in [2.24, 2.45) is 0 Å². The fourth-order valence-corrected chi connectivity index (χ4v) is 5.33. The smallest absolute Gasteiger partial charge is 0.488 e. The summed E-state index contributed by atoms with van der Waals surface area (Å²) in [7, 11) is 0. The van der Waals surface area contributed by atoms with Crippen molar-refractivity contribution in [3.63, 3.8) is 0 Å². The number of hydrogen-bond acceptors (Lipinski definition) is 6. The number of carbonyl (C=O) groups is 1. The number of aliphatic hydroxyl groups excluding tert-OH is 1. The zero-order valence-electron chi connectivity index (χ0n) is 17.6. The van der Waals surface area contributed by atoms with E-state index in [2.05, 4.69) is 15.2 Å². The fourth-order valence-electron chi connectivity index (χ4n) is 5.01. The van der Waals surface area contributed by atoms with Gasteiger partial charge in [-0.15, -0.1) is 13.2 Å². The molecule has 0 saturated heterocycles. The van der Waals surface area contributed by atoms with Crippen LogP contribution in [-0.4, -0.2) is 52.0 Å². The molecule has 34 heavy (non-hydrogen) atoms. The number of amides is 1. The van der Waals surface area contributed by atoms with Gasteiger partial charge < -0.3 is 19.9 Å². The maximum Gasteiger partial charge on any atom is 0.522 e. The standard InChI is InChI=1S/C21H20Cl2F3N3O5/c22-13-3-12-15(30)5-17(34-16(12)4-14(13)23)18(31)28-19-8-20(9-19,10-19)29-7-11(6-27-29)32-1-2-33-21(24,25)26/h3-4,6-7,15,17,30H,1-2,5,8-10H2,(H,28,31)/t15-,17+,19?,20?/m1/s1. The summed E-state index contributed by atoms with van der Waals surface area (Å²) in [6, 6.07) is 3.03. The Balaban J connectivity index is 1.13. The van der Waals surface area contributed by atoms with Crippen LogP contribution in [0.2, 0.25) is 10.0 Å². The third-order valence-electron chi connectivity index (χ3n) is 6.46. The van der Waals surface area contributed by atoms with Crippen molar-refractivity contribution < 1.29 is 37.3 Å². The quantitative estimate of drug-likeness (QED) is 0.539. The van der Waals surface area contributed by atoms with E-state index in [1.54, 1.807) is 10.9 Å². The van der Waals surface area contributed by atoms with Crippen LogP contribution in [-0.2, 0) is 15.1 Å². The first-order valence-corrected chi connectivity index (χ1v) is 11.3. The average Bonchev–Trinajstić information content (AvgIpc) is 3.16. The number of fused-ring (bicyclic) bond motifs is 1. The summed E-state index contributed by atoms with van der Waals surface area (Å²) in [4.78, 5) is 12.9. The van der Waals surface area contributed by atoms with Crippen LogP contribution < -0.4 is 14.8 Å². The number of alkyl halides is 3. The van der Waals surface area contributed by atoms with Crippen molar-refractivity contribution in [3.8, 4) is 11.5 Å². The van der Waals surface area contributed by atoms with Gasteiger partial charge in [-0.25, -0.2) is 0 Å². The van der Waals surface area contributed by atoms with Gasteiger partial charge >= 0.3 is 6.36 Å². The highest BCUT2D eigenvalue weighted by Gasteiger charge is 2.70. The minimum absolute atomic E-state index is 0.0932. The molecule has 0 radical (unpaired) electrons. The summed E-state index contributed by atoms with van der Waals surface area (Å²) >= 11 is 12.0. The molecule has 3 aliphatic carbocycles. The molecule has 13 heteroatoms. The first kappa shape index (κ1) is 23.5. The van der Waals surface area contributed by atoms with E-state index in [4.69, 9.17) is 32.7 Å². The van der Waals surface area contributed by atoms with Crippen molar-refractivity contribution in [3.05, 3.63) is 40.1 Å². The molecule has 2 heterocycles. The van der Waals surface area contributed by atoms with Crippen LogP contribution in [0.3, 0.4) is 0 Å². The molecule has 1 aliphatic heterocycles.